The molecule has 3 rings (SSSR count). The highest BCUT2D eigenvalue weighted by molar-refractivity contribution is 5.97. The van der Waals surface area contributed by atoms with E-state index in [2.05, 4.69) is 16.0 Å². The van der Waals surface area contributed by atoms with Crippen molar-refractivity contribution in [1.29, 1.82) is 0 Å². The van der Waals surface area contributed by atoms with Gasteiger partial charge in [-0.1, -0.05) is 6.42 Å². The van der Waals surface area contributed by atoms with Crippen LogP contribution in [-0.4, -0.2) is 35.7 Å². The quantitative estimate of drug-likeness (QED) is 0.706. The standard InChI is InChI=1S/C18H23N3O3/c1-11(22)12-6-8-13(9-7-12)19-17(23)10-16-18(24)21-15-5-3-2-4-14(15)20-16/h6-9,14-16,20H,2-5,10H2,1H3,(H,19,23)(H,21,24)/p+1/t14-,15+,16-/m1/s1. The molecule has 2 amide bonds. The average molecular weight is 330 g/mol. The first-order valence-corrected chi connectivity index (χ1v) is 8.59. The minimum atomic E-state index is -0.360. The SMILES string of the molecule is CC(=O)c1ccc(NC(=O)C[C@H]2[NH2+][C@@H]3CCCC[C@@H]3NC2=O)cc1. The van der Waals surface area contributed by atoms with E-state index in [0.29, 0.717) is 17.3 Å². The van der Waals surface area contributed by atoms with Crippen LogP contribution in [0.1, 0.15) is 49.4 Å². The van der Waals surface area contributed by atoms with Crippen molar-refractivity contribution in [3.05, 3.63) is 29.8 Å². The lowest BCUT2D eigenvalue weighted by atomic mass is 9.87. The van der Waals surface area contributed by atoms with E-state index in [4.69, 9.17) is 0 Å². The van der Waals surface area contributed by atoms with Gasteiger partial charge in [0.15, 0.2) is 11.8 Å². The molecule has 24 heavy (non-hydrogen) atoms. The molecule has 1 saturated heterocycles. The first-order valence-electron chi connectivity index (χ1n) is 8.59. The predicted octanol–water partition coefficient (Wildman–Crippen LogP) is 0.591. The lowest BCUT2D eigenvalue weighted by Crippen LogP contribution is -3.03. The van der Waals surface area contributed by atoms with Crippen molar-refractivity contribution in [3.8, 4) is 0 Å². The van der Waals surface area contributed by atoms with Crippen LogP contribution in [-0.2, 0) is 9.59 Å². The fourth-order valence-electron chi connectivity index (χ4n) is 3.61. The molecule has 4 N–H and O–H groups in total. The van der Waals surface area contributed by atoms with Crippen molar-refractivity contribution in [1.82, 2.24) is 5.32 Å². The van der Waals surface area contributed by atoms with Crippen molar-refractivity contribution in [3.63, 3.8) is 0 Å². The number of ketones is 1. The second kappa shape index (κ2) is 7.13. The van der Waals surface area contributed by atoms with Gasteiger partial charge in [0, 0.05) is 17.7 Å². The molecular weight excluding hydrogens is 306 g/mol. The molecular formula is C18H24N3O3+. The number of fused-ring (bicyclic) bond motifs is 1. The van der Waals surface area contributed by atoms with Gasteiger partial charge in [0.05, 0.1) is 12.5 Å². The number of Topliss-reactive ketones (excluding diaryl/α,β-unsaturated/α-hetero) is 1. The first-order chi connectivity index (χ1) is 11.5. The maximum atomic E-state index is 12.2. The number of carbonyl (C=O) groups excluding carboxylic acids is 3. The third kappa shape index (κ3) is 3.82. The van der Waals surface area contributed by atoms with Gasteiger partial charge in [-0.25, -0.2) is 0 Å². The molecule has 1 aliphatic heterocycles. The van der Waals surface area contributed by atoms with E-state index in [1.54, 1.807) is 24.3 Å². The smallest absolute Gasteiger partial charge is 0.279 e. The van der Waals surface area contributed by atoms with Gasteiger partial charge in [0.2, 0.25) is 5.91 Å². The van der Waals surface area contributed by atoms with Crippen molar-refractivity contribution in [2.45, 2.75) is 57.2 Å². The lowest BCUT2D eigenvalue weighted by Gasteiger charge is -2.37. The number of anilines is 1. The molecule has 2 fully saturated rings. The Morgan fingerprint density at radius 2 is 1.92 bits per heavy atom. The molecule has 0 spiro atoms. The number of carbonyl (C=O) groups is 3. The Bertz CT molecular complexity index is 641. The minimum Gasteiger partial charge on any atom is -0.342 e. The highest BCUT2D eigenvalue weighted by atomic mass is 16.2. The number of hydrogen-bond donors (Lipinski definition) is 3. The van der Waals surface area contributed by atoms with Crippen LogP contribution in [0.3, 0.4) is 0 Å². The maximum Gasteiger partial charge on any atom is 0.279 e. The molecule has 1 aromatic carbocycles. The summed E-state index contributed by atoms with van der Waals surface area (Å²) in [5.41, 5.74) is 1.24. The van der Waals surface area contributed by atoms with E-state index in [1.165, 1.54) is 13.3 Å². The van der Waals surface area contributed by atoms with Crippen molar-refractivity contribution in [2.75, 3.05) is 5.32 Å². The summed E-state index contributed by atoms with van der Waals surface area (Å²) < 4.78 is 0. The summed E-state index contributed by atoms with van der Waals surface area (Å²) in [4.78, 5) is 35.7. The van der Waals surface area contributed by atoms with Gasteiger partial charge in [-0.3, -0.25) is 14.4 Å². The van der Waals surface area contributed by atoms with Gasteiger partial charge in [-0.15, -0.1) is 0 Å². The van der Waals surface area contributed by atoms with Crippen LogP contribution in [0.2, 0.25) is 0 Å². The topological polar surface area (TPSA) is 91.9 Å². The molecule has 0 radical (unpaired) electrons. The molecule has 1 saturated carbocycles. The first kappa shape index (κ1) is 16.6. The molecule has 3 atom stereocenters. The van der Waals surface area contributed by atoms with E-state index in [1.807, 2.05) is 0 Å². The Morgan fingerprint density at radius 1 is 1.21 bits per heavy atom. The largest absolute Gasteiger partial charge is 0.342 e. The molecule has 128 valence electrons. The average Bonchev–Trinajstić information content (AvgIpc) is 2.56. The van der Waals surface area contributed by atoms with Crippen molar-refractivity contribution >= 4 is 23.3 Å². The van der Waals surface area contributed by atoms with Crippen LogP contribution < -0.4 is 16.0 Å². The van der Waals surface area contributed by atoms with Crippen molar-refractivity contribution < 1.29 is 19.7 Å². The van der Waals surface area contributed by atoms with E-state index in [0.717, 1.165) is 19.3 Å². The second-order valence-corrected chi connectivity index (χ2v) is 6.75. The molecule has 1 heterocycles. The number of benzene rings is 1. The van der Waals surface area contributed by atoms with Crippen LogP contribution in [0.5, 0.6) is 0 Å². The number of rotatable bonds is 4. The van der Waals surface area contributed by atoms with E-state index in [-0.39, 0.29) is 36.1 Å². The predicted molar refractivity (Wildman–Crippen MR) is 89.6 cm³/mol. The van der Waals surface area contributed by atoms with Crippen LogP contribution in [0.25, 0.3) is 0 Å². The molecule has 0 bridgehead atoms. The summed E-state index contributed by atoms with van der Waals surface area (Å²) in [6.45, 7) is 1.50. The van der Waals surface area contributed by atoms with Gasteiger partial charge < -0.3 is 16.0 Å². The summed E-state index contributed by atoms with van der Waals surface area (Å²) in [6.07, 6.45) is 4.64. The van der Waals surface area contributed by atoms with Gasteiger partial charge in [-0.2, -0.15) is 0 Å². The molecule has 6 heteroatoms. The van der Waals surface area contributed by atoms with Crippen LogP contribution >= 0.6 is 0 Å². The Kier molecular flexibility index (Phi) is 4.94. The fourth-order valence-corrected chi connectivity index (χ4v) is 3.61. The zero-order valence-electron chi connectivity index (χ0n) is 13.9. The minimum absolute atomic E-state index is 0.0108. The summed E-state index contributed by atoms with van der Waals surface area (Å²) in [7, 11) is 0. The third-order valence-corrected chi connectivity index (χ3v) is 4.94. The Labute approximate surface area is 141 Å². The zero-order chi connectivity index (χ0) is 17.1. The van der Waals surface area contributed by atoms with Gasteiger partial charge in [-0.05, 0) is 44.0 Å². The second-order valence-electron chi connectivity index (χ2n) is 6.75. The summed E-state index contributed by atoms with van der Waals surface area (Å²) in [6, 6.07) is 7.07. The fraction of sp³-hybridized carbons (Fsp3) is 0.500. The van der Waals surface area contributed by atoms with E-state index in [9.17, 15) is 14.4 Å². The molecule has 2 aliphatic rings. The highest BCUT2D eigenvalue weighted by Gasteiger charge is 2.40. The maximum absolute atomic E-state index is 12.2. The van der Waals surface area contributed by atoms with Gasteiger partial charge in [0.25, 0.3) is 5.91 Å². The van der Waals surface area contributed by atoms with Gasteiger partial charge >= 0.3 is 0 Å². The molecule has 6 nitrogen and oxygen atoms in total. The Morgan fingerprint density at radius 3 is 2.62 bits per heavy atom. The lowest BCUT2D eigenvalue weighted by molar-refractivity contribution is -0.718. The number of nitrogens with two attached hydrogens (primary N) is 1. The normalized spacial score (nSPS) is 26.2. The number of nitrogens with one attached hydrogen (secondary N) is 2. The monoisotopic (exact) mass is 330 g/mol. The summed E-state index contributed by atoms with van der Waals surface area (Å²) in [5.74, 6) is -0.236. The van der Waals surface area contributed by atoms with Crippen LogP contribution in [0.15, 0.2) is 24.3 Å². The third-order valence-electron chi connectivity index (χ3n) is 4.94. The number of quaternary nitrogens is 1. The van der Waals surface area contributed by atoms with Crippen LogP contribution in [0.4, 0.5) is 5.69 Å². The molecule has 0 unspecified atom stereocenters. The molecule has 0 aromatic heterocycles. The number of amides is 2. The summed E-state index contributed by atoms with van der Waals surface area (Å²) >= 11 is 0. The van der Waals surface area contributed by atoms with Crippen molar-refractivity contribution in [2.24, 2.45) is 0 Å². The Hall–Kier alpha value is -2.21. The zero-order valence-corrected chi connectivity index (χ0v) is 13.9. The number of hydrogen-bond acceptors (Lipinski definition) is 3. The van der Waals surface area contributed by atoms with E-state index < -0.39 is 0 Å². The molecule has 1 aliphatic carbocycles. The highest BCUT2D eigenvalue weighted by Crippen LogP contribution is 2.18. The van der Waals surface area contributed by atoms with Crippen LogP contribution in [0, 0.1) is 0 Å². The summed E-state index contributed by atoms with van der Waals surface area (Å²) in [5, 5.41) is 7.94. The Balaban J connectivity index is 1.56. The van der Waals surface area contributed by atoms with E-state index >= 15 is 0 Å². The molecule has 1 aromatic rings. The number of piperazine rings is 1. The van der Waals surface area contributed by atoms with Gasteiger partial charge in [0.1, 0.15) is 6.04 Å².